The maximum absolute atomic E-state index is 6.50. The first-order valence-electron chi connectivity index (χ1n) is 19.5. The van der Waals surface area contributed by atoms with E-state index in [4.69, 9.17) is 4.42 Å². The standard InChI is InChI=1S/C54H34N2O/c1-3-12-35(13-4-1)36-22-27-41(28-23-36)56-49-20-9-7-16-43(49)46-32-37(24-29-50(46)56)38-25-30-51-47(33-38)48-34-39(26-31-52(48)55(51)40-14-5-2-6-15-40)42-18-11-19-45-44-17-8-10-21-53(44)57-54(42)45/h1-34H. The van der Waals surface area contributed by atoms with Crippen LogP contribution < -0.4 is 0 Å². The fraction of sp³-hybridized carbons (Fsp3) is 0. The molecule has 0 saturated carbocycles. The van der Waals surface area contributed by atoms with E-state index in [0.29, 0.717) is 0 Å². The Bertz CT molecular complexity index is 3490. The second-order valence-electron chi connectivity index (χ2n) is 14.9. The summed E-state index contributed by atoms with van der Waals surface area (Å²) in [5.41, 5.74) is 15.9. The molecule has 3 heterocycles. The zero-order chi connectivity index (χ0) is 37.5. The number of para-hydroxylation sites is 4. The van der Waals surface area contributed by atoms with Gasteiger partial charge in [0.15, 0.2) is 0 Å². The SMILES string of the molecule is c1ccc(-c2ccc(-n3c4ccccc4c4cc(-c5ccc6c(c5)c5cc(-c7cccc8c7oc7ccccc78)ccc5n6-c5ccccc5)ccc43)cc2)cc1. The molecule has 0 fully saturated rings. The van der Waals surface area contributed by atoms with Crippen LogP contribution in [0.25, 0.3) is 110 Å². The number of hydrogen-bond donors (Lipinski definition) is 0. The molecule has 0 unspecified atom stereocenters. The van der Waals surface area contributed by atoms with Crippen LogP contribution in [0.2, 0.25) is 0 Å². The monoisotopic (exact) mass is 726 g/mol. The van der Waals surface area contributed by atoms with Gasteiger partial charge in [0, 0.05) is 49.3 Å². The van der Waals surface area contributed by atoms with Crippen molar-refractivity contribution in [2.75, 3.05) is 0 Å². The molecule has 0 aliphatic heterocycles. The zero-order valence-corrected chi connectivity index (χ0v) is 30.9. The minimum Gasteiger partial charge on any atom is -0.455 e. The molecule has 12 aromatic rings. The molecule has 0 radical (unpaired) electrons. The average molecular weight is 727 g/mol. The van der Waals surface area contributed by atoms with Crippen molar-refractivity contribution in [1.29, 1.82) is 0 Å². The van der Waals surface area contributed by atoms with Gasteiger partial charge >= 0.3 is 0 Å². The second-order valence-corrected chi connectivity index (χ2v) is 14.9. The fourth-order valence-corrected chi connectivity index (χ4v) is 9.06. The van der Waals surface area contributed by atoms with E-state index in [2.05, 4.69) is 209 Å². The van der Waals surface area contributed by atoms with E-state index in [1.165, 1.54) is 65.9 Å². The van der Waals surface area contributed by atoms with Gasteiger partial charge in [0.2, 0.25) is 0 Å². The number of furan rings is 1. The molecule has 0 aliphatic rings. The molecule has 3 heteroatoms. The van der Waals surface area contributed by atoms with E-state index in [0.717, 1.165) is 44.4 Å². The Kier molecular flexibility index (Phi) is 6.93. The van der Waals surface area contributed by atoms with Crippen LogP contribution in [0.3, 0.4) is 0 Å². The summed E-state index contributed by atoms with van der Waals surface area (Å²) in [6, 6.07) is 74.5. The molecule has 57 heavy (non-hydrogen) atoms. The van der Waals surface area contributed by atoms with Crippen LogP contribution in [0, 0.1) is 0 Å². The minimum absolute atomic E-state index is 0.910. The van der Waals surface area contributed by atoms with Crippen LogP contribution in [-0.4, -0.2) is 9.13 Å². The summed E-state index contributed by atoms with van der Waals surface area (Å²) in [5, 5.41) is 7.18. The minimum atomic E-state index is 0.910. The molecule has 266 valence electrons. The molecule has 12 rings (SSSR count). The van der Waals surface area contributed by atoms with Crippen molar-refractivity contribution in [2.45, 2.75) is 0 Å². The van der Waals surface area contributed by atoms with Crippen LogP contribution in [0.15, 0.2) is 211 Å². The largest absolute Gasteiger partial charge is 0.455 e. The highest BCUT2D eigenvalue weighted by atomic mass is 16.3. The maximum atomic E-state index is 6.50. The lowest BCUT2D eigenvalue weighted by Crippen LogP contribution is -1.94. The Morgan fingerprint density at radius 3 is 1.46 bits per heavy atom. The van der Waals surface area contributed by atoms with Crippen LogP contribution in [0.5, 0.6) is 0 Å². The Labute approximate surface area is 328 Å². The summed E-state index contributed by atoms with van der Waals surface area (Å²) in [6.07, 6.45) is 0. The summed E-state index contributed by atoms with van der Waals surface area (Å²) >= 11 is 0. The van der Waals surface area contributed by atoms with E-state index in [9.17, 15) is 0 Å². The second kappa shape index (κ2) is 12.5. The molecule has 0 N–H and O–H groups in total. The summed E-state index contributed by atoms with van der Waals surface area (Å²) in [6.45, 7) is 0. The molecule has 0 saturated heterocycles. The number of hydrogen-bond acceptors (Lipinski definition) is 1. The summed E-state index contributed by atoms with van der Waals surface area (Å²) in [7, 11) is 0. The van der Waals surface area contributed by atoms with E-state index in [1.807, 2.05) is 6.07 Å². The van der Waals surface area contributed by atoms with Gasteiger partial charge in [0.1, 0.15) is 11.2 Å². The highest BCUT2D eigenvalue weighted by Gasteiger charge is 2.18. The number of nitrogens with zero attached hydrogens (tertiary/aromatic N) is 2. The predicted octanol–water partition coefficient (Wildman–Crippen LogP) is 14.8. The number of fused-ring (bicyclic) bond motifs is 9. The van der Waals surface area contributed by atoms with E-state index in [1.54, 1.807) is 0 Å². The third-order valence-corrected chi connectivity index (χ3v) is 11.7. The van der Waals surface area contributed by atoms with E-state index in [-0.39, 0.29) is 0 Å². The summed E-state index contributed by atoms with van der Waals surface area (Å²) in [4.78, 5) is 0. The lowest BCUT2D eigenvalue weighted by molar-refractivity contribution is 0.670. The van der Waals surface area contributed by atoms with Gasteiger partial charge in [-0.15, -0.1) is 0 Å². The lowest BCUT2D eigenvalue weighted by Gasteiger charge is -2.10. The first kappa shape index (κ1) is 31.7. The Morgan fingerprint density at radius 1 is 0.281 bits per heavy atom. The Morgan fingerprint density at radius 2 is 0.754 bits per heavy atom. The van der Waals surface area contributed by atoms with Crippen molar-refractivity contribution in [3.8, 4) is 44.8 Å². The average Bonchev–Trinajstić information content (AvgIpc) is 3.94. The molecular formula is C54H34N2O. The van der Waals surface area contributed by atoms with Gasteiger partial charge < -0.3 is 13.6 Å². The van der Waals surface area contributed by atoms with Gasteiger partial charge in [-0.1, -0.05) is 133 Å². The summed E-state index contributed by atoms with van der Waals surface area (Å²) < 4.78 is 11.3. The molecule has 9 aromatic carbocycles. The fourth-order valence-electron chi connectivity index (χ4n) is 9.06. The van der Waals surface area contributed by atoms with Crippen LogP contribution in [-0.2, 0) is 0 Å². The third kappa shape index (κ3) is 4.92. The zero-order valence-electron chi connectivity index (χ0n) is 30.9. The lowest BCUT2D eigenvalue weighted by atomic mass is 9.98. The smallest absolute Gasteiger partial charge is 0.143 e. The van der Waals surface area contributed by atoms with Gasteiger partial charge in [-0.25, -0.2) is 0 Å². The van der Waals surface area contributed by atoms with Crippen molar-refractivity contribution < 1.29 is 4.42 Å². The van der Waals surface area contributed by atoms with Crippen molar-refractivity contribution in [1.82, 2.24) is 9.13 Å². The van der Waals surface area contributed by atoms with Gasteiger partial charge in [-0.2, -0.15) is 0 Å². The number of rotatable bonds is 5. The van der Waals surface area contributed by atoms with E-state index < -0.39 is 0 Å². The van der Waals surface area contributed by atoms with Crippen molar-refractivity contribution in [2.24, 2.45) is 0 Å². The molecular weight excluding hydrogens is 693 g/mol. The Balaban J connectivity index is 1.03. The highest BCUT2D eigenvalue weighted by molar-refractivity contribution is 6.15. The number of aromatic nitrogens is 2. The number of benzene rings is 9. The van der Waals surface area contributed by atoms with Crippen molar-refractivity contribution in [3.63, 3.8) is 0 Å². The van der Waals surface area contributed by atoms with E-state index >= 15 is 0 Å². The first-order chi connectivity index (χ1) is 28.3. The highest BCUT2D eigenvalue weighted by Crippen LogP contribution is 2.41. The molecule has 0 aliphatic carbocycles. The third-order valence-electron chi connectivity index (χ3n) is 11.7. The molecule has 0 amide bonds. The van der Waals surface area contributed by atoms with Gasteiger partial charge in [-0.3, -0.25) is 0 Å². The Hall–Kier alpha value is -7.62. The van der Waals surface area contributed by atoms with Crippen molar-refractivity contribution >= 4 is 65.6 Å². The predicted molar refractivity (Wildman–Crippen MR) is 239 cm³/mol. The first-order valence-corrected chi connectivity index (χ1v) is 19.5. The van der Waals surface area contributed by atoms with Crippen LogP contribution in [0.1, 0.15) is 0 Å². The molecule has 3 nitrogen and oxygen atoms in total. The van der Waals surface area contributed by atoms with Gasteiger partial charge in [-0.05, 0) is 101 Å². The molecule has 0 atom stereocenters. The molecule has 3 aromatic heterocycles. The van der Waals surface area contributed by atoms with Crippen LogP contribution >= 0.6 is 0 Å². The normalized spacial score (nSPS) is 11.9. The van der Waals surface area contributed by atoms with Crippen LogP contribution in [0.4, 0.5) is 0 Å². The molecule has 0 bridgehead atoms. The van der Waals surface area contributed by atoms with Crippen molar-refractivity contribution in [3.05, 3.63) is 206 Å². The topological polar surface area (TPSA) is 23.0 Å². The summed E-state index contributed by atoms with van der Waals surface area (Å²) in [5.74, 6) is 0. The quantitative estimate of drug-likeness (QED) is 0.173. The molecule has 0 spiro atoms. The van der Waals surface area contributed by atoms with Gasteiger partial charge in [0.05, 0.1) is 22.1 Å². The van der Waals surface area contributed by atoms with Gasteiger partial charge in [0.25, 0.3) is 0 Å². The maximum Gasteiger partial charge on any atom is 0.143 e.